The van der Waals surface area contributed by atoms with Gasteiger partial charge in [0.1, 0.15) is 48.0 Å². The smallest absolute Gasteiger partial charge is 0.434 e. The van der Waals surface area contributed by atoms with Crippen LogP contribution in [0.2, 0.25) is 0 Å². The van der Waals surface area contributed by atoms with Crippen LogP contribution in [-0.4, -0.2) is 70.2 Å². The Bertz CT molecular complexity index is 1700. The van der Waals surface area contributed by atoms with Crippen LogP contribution in [0, 0.1) is 0 Å². The van der Waals surface area contributed by atoms with Crippen molar-refractivity contribution in [2.45, 2.75) is 43.6 Å². The third-order valence-corrected chi connectivity index (χ3v) is 7.13. The number of benzene rings is 1. The van der Waals surface area contributed by atoms with Gasteiger partial charge in [-0.05, 0) is 25.8 Å². The first-order valence-corrected chi connectivity index (χ1v) is 13.0. The molecule has 1 aromatic carbocycles. The van der Waals surface area contributed by atoms with Crippen LogP contribution >= 0.6 is 0 Å². The van der Waals surface area contributed by atoms with Crippen molar-refractivity contribution in [1.29, 1.82) is 0 Å². The monoisotopic (exact) mass is 602 g/mol. The van der Waals surface area contributed by atoms with Crippen LogP contribution in [0.25, 0.3) is 22.8 Å². The third kappa shape index (κ3) is 5.22. The van der Waals surface area contributed by atoms with E-state index >= 15 is 0 Å². The zero-order valence-electron chi connectivity index (χ0n) is 22.7. The molecule has 0 saturated heterocycles. The van der Waals surface area contributed by atoms with E-state index in [4.69, 9.17) is 14.2 Å². The minimum Gasteiger partial charge on any atom is -0.493 e. The Hall–Kier alpha value is -4.38. The molecular weight excluding hydrogens is 577 g/mol. The highest BCUT2D eigenvalue weighted by Gasteiger charge is 2.40. The van der Waals surface area contributed by atoms with Crippen molar-refractivity contribution >= 4 is 0 Å². The predicted molar refractivity (Wildman–Crippen MR) is 139 cm³/mol. The van der Waals surface area contributed by atoms with Gasteiger partial charge in [0.05, 0.1) is 19.0 Å². The number of methoxy groups -OCH3 is 1. The lowest BCUT2D eigenvalue weighted by atomic mass is 9.89. The maximum atomic E-state index is 13.4. The van der Waals surface area contributed by atoms with Crippen molar-refractivity contribution in [3.8, 4) is 40.2 Å². The summed E-state index contributed by atoms with van der Waals surface area (Å²) in [6.45, 7) is 1.29. The molecule has 16 heteroatoms. The fraction of sp³-hybridized carbons (Fsp3) is 0.370. The predicted octanol–water partition coefficient (Wildman–Crippen LogP) is 2.27. The van der Waals surface area contributed by atoms with E-state index < -0.39 is 29.4 Å². The van der Waals surface area contributed by atoms with E-state index in [1.165, 1.54) is 44.8 Å². The summed E-state index contributed by atoms with van der Waals surface area (Å²) in [6, 6.07) is 3.86. The maximum Gasteiger partial charge on any atom is 0.434 e. The Morgan fingerprint density at radius 2 is 1.79 bits per heavy atom. The molecular formula is C27H25F3N6O7. The SMILES string of the molecule is COc1cnc2nc1C(C)(O)c1ccc(-c3nc(C(F)(F)F)cn3C(O)(O)O)cc1OCCOc1ncnc(C3CC3)c1-2. The van der Waals surface area contributed by atoms with Crippen molar-refractivity contribution in [1.82, 2.24) is 29.5 Å². The number of nitrogens with zero attached hydrogens (tertiary/aromatic N) is 6. The van der Waals surface area contributed by atoms with Gasteiger partial charge < -0.3 is 34.6 Å². The zero-order valence-corrected chi connectivity index (χ0v) is 22.7. The van der Waals surface area contributed by atoms with Crippen LogP contribution < -0.4 is 14.2 Å². The van der Waals surface area contributed by atoms with E-state index in [0.717, 1.165) is 12.8 Å². The van der Waals surface area contributed by atoms with E-state index in [-0.39, 0.29) is 69.9 Å². The second-order valence-corrected chi connectivity index (χ2v) is 10.2. The van der Waals surface area contributed by atoms with Crippen molar-refractivity contribution < 1.29 is 47.8 Å². The number of imidazole rings is 1. The zero-order chi connectivity index (χ0) is 30.7. The molecule has 1 saturated carbocycles. The van der Waals surface area contributed by atoms with E-state index in [1.807, 2.05) is 0 Å². The Balaban J connectivity index is 1.53. The first-order valence-electron chi connectivity index (χ1n) is 13.0. The summed E-state index contributed by atoms with van der Waals surface area (Å²) < 4.78 is 57.8. The number of aliphatic hydroxyl groups is 4. The van der Waals surface area contributed by atoms with Crippen molar-refractivity contribution in [2.24, 2.45) is 0 Å². The number of hydrogen-bond donors (Lipinski definition) is 4. The first kappa shape index (κ1) is 28.7. The summed E-state index contributed by atoms with van der Waals surface area (Å²) in [4.78, 5) is 21.3. The molecule has 1 fully saturated rings. The number of fused-ring (bicyclic) bond motifs is 5. The number of halogens is 3. The lowest BCUT2D eigenvalue weighted by molar-refractivity contribution is -0.374. The summed E-state index contributed by atoms with van der Waals surface area (Å²) in [6.07, 6.45) is -3.80. The van der Waals surface area contributed by atoms with Gasteiger partial charge in [0, 0.05) is 23.2 Å². The summed E-state index contributed by atoms with van der Waals surface area (Å²) in [5, 5.41) is 41.2. The number of rotatable bonds is 4. The number of hydrogen-bond acceptors (Lipinski definition) is 12. The molecule has 0 radical (unpaired) electrons. The molecule has 1 aliphatic heterocycles. The van der Waals surface area contributed by atoms with Crippen LogP contribution in [0.3, 0.4) is 0 Å². The van der Waals surface area contributed by atoms with E-state index in [9.17, 15) is 33.6 Å². The van der Waals surface area contributed by atoms with Crippen molar-refractivity contribution in [3.63, 3.8) is 0 Å². The molecule has 2 bridgehead atoms. The van der Waals surface area contributed by atoms with Gasteiger partial charge in [-0.3, -0.25) is 4.57 Å². The number of ether oxygens (including phenoxy) is 3. The molecule has 226 valence electrons. The molecule has 1 atom stereocenters. The van der Waals surface area contributed by atoms with E-state index in [2.05, 4.69) is 24.9 Å². The molecule has 1 unspecified atom stereocenters. The largest absolute Gasteiger partial charge is 0.493 e. The summed E-state index contributed by atoms with van der Waals surface area (Å²) in [5.74, 6) is 0.0347. The van der Waals surface area contributed by atoms with Crippen LogP contribution in [0.4, 0.5) is 13.2 Å². The highest BCUT2D eigenvalue weighted by atomic mass is 19.4. The van der Waals surface area contributed by atoms with Crippen LogP contribution in [0.15, 0.2) is 36.9 Å². The second kappa shape index (κ2) is 10.1. The van der Waals surface area contributed by atoms with Gasteiger partial charge in [0.15, 0.2) is 17.3 Å². The molecule has 1 aliphatic carbocycles. The van der Waals surface area contributed by atoms with Crippen molar-refractivity contribution in [2.75, 3.05) is 20.3 Å². The van der Waals surface area contributed by atoms with Gasteiger partial charge in [0.25, 0.3) is 0 Å². The summed E-state index contributed by atoms with van der Waals surface area (Å²) in [7, 11) is 1.38. The van der Waals surface area contributed by atoms with E-state index in [1.54, 1.807) is 0 Å². The Labute approximate surface area is 241 Å². The van der Waals surface area contributed by atoms with Gasteiger partial charge in [0.2, 0.25) is 5.88 Å². The van der Waals surface area contributed by atoms with Gasteiger partial charge in [-0.25, -0.2) is 24.9 Å². The molecule has 0 spiro atoms. The topological polar surface area (TPSA) is 178 Å². The first-order chi connectivity index (χ1) is 20.3. The average Bonchev–Trinajstić information content (AvgIpc) is 3.69. The lowest BCUT2D eigenvalue weighted by Gasteiger charge is -2.28. The molecule has 3 aromatic heterocycles. The molecule has 43 heavy (non-hydrogen) atoms. The Morgan fingerprint density at radius 3 is 2.47 bits per heavy atom. The van der Waals surface area contributed by atoms with Gasteiger partial charge in [-0.15, -0.1) is 0 Å². The average molecular weight is 603 g/mol. The molecule has 4 N–H and O–H groups in total. The highest BCUT2D eigenvalue weighted by Crippen LogP contribution is 2.46. The Morgan fingerprint density at radius 1 is 1.05 bits per heavy atom. The molecule has 0 amide bonds. The summed E-state index contributed by atoms with van der Waals surface area (Å²) >= 11 is 0. The highest BCUT2D eigenvalue weighted by molar-refractivity contribution is 5.67. The second-order valence-electron chi connectivity index (χ2n) is 10.2. The lowest BCUT2D eigenvalue weighted by Crippen LogP contribution is -2.32. The number of aromatic nitrogens is 6. The number of alkyl halides is 3. The van der Waals surface area contributed by atoms with Crippen LogP contribution in [0.5, 0.6) is 17.4 Å². The van der Waals surface area contributed by atoms with Crippen molar-refractivity contribution in [3.05, 3.63) is 59.6 Å². The minimum atomic E-state index is -4.96. The standard InChI is InChI=1S/C27H25F3N6O7/c1-25(37)15-6-5-14(23-34-18(26(28,29)30)11-36(23)27(38,39)40)9-16(15)42-7-8-43-24-19(20(13-3-4-13)32-12-33-24)22-31-10-17(41-2)21(25)35-22/h5-6,9-13,37-40H,3-4,7-8H2,1-2H3. The van der Waals surface area contributed by atoms with Crippen LogP contribution in [-0.2, 0) is 17.9 Å². The minimum absolute atomic E-state index is 0.0296. The molecule has 6 rings (SSSR count). The third-order valence-electron chi connectivity index (χ3n) is 7.13. The quantitative estimate of drug-likeness (QED) is 0.251. The van der Waals surface area contributed by atoms with Gasteiger partial charge in [-0.1, -0.05) is 12.1 Å². The summed E-state index contributed by atoms with van der Waals surface area (Å²) in [5.41, 5.74) is -2.16. The molecule has 2 aliphatic rings. The molecule has 13 nitrogen and oxygen atoms in total. The molecule has 4 heterocycles. The normalized spacial score (nSPS) is 18.8. The fourth-order valence-electron chi connectivity index (χ4n) is 4.91. The van der Waals surface area contributed by atoms with Crippen LogP contribution in [0.1, 0.15) is 48.3 Å². The Kier molecular flexibility index (Phi) is 6.76. The van der Waals surface area contributed by atoms with E-state index in [0.29, 0.717) is 11.3 Å². The fourth-order valence-corrected chi connectivity index (χ4v) is 4.91. The van der Waals surface area contributed by atoms with Gasteiger partial charge >= 0.3 is 12.3 Å². The van der Waals surface area contributed by atoms with Gasteiger partial charge in [-0.2, -0.15) is 13.2 Å². The maximum absolute atomic E-state index is 13.4. The molecule has 4 aromatic rings.